The van der Waals surface area contributed by atoms with Crippen LogP contribution in [-0.2, 0) is 9.53 Å². The lowest BCUT2D eigenvalue weighted by Crippen LogP contribution is -2.56. The predicted molar refractivity (Wildman–Crippen MR) is 59.5 cm³/mol. The maximum atomic E-state index is 11.9. The molecule has 0 aliphatic carbocycles. The van der Waals surface area contributed by atoms with Crippen molar-refractivity contribution in [3.63, 3.8) is 0 Å². The van der Waals surface area contributed by atoms with Gasteiger partial charge in [-0.15, -0.1) is 0 Å². The molecule has 1 fully saturated rings. The summed E-state index contributed by atoms with van der Waals surface area (Å²) in [7, 11) is 0. The van der Waals surface area contributed by atoms with E-state index in [9.17, 15) is 4.79 Å². The lowest BCUT2D eigenvalue weighted by molar-refractivity contribution is -0.128. The molecule has 1 rings (SSSR count). The van der Waals surface area contributed by atoms with Gasteiger partial charge in [-0.3, -0.25) is 4.79 Å². The molecule has 0 aromatic carbocycles. The number of carbonyl (C=O) groups is 1. The first-order valence-electron chi connectivity index (χ1n) is 5.80. The largest absolute Gasteiger partial charge is 0.381 e. The molecule has 4 heteroatoms. The standard InChI is InChI=1S/C11H22N2O2/c1-3-11(12,4-2)10(14)13-9-5-7-15-8-6-9/h9H,3-8,12H2,1-2H3,(H,13,14). The Hall–Kier alpha value is -0.610. The average molecular weight is 214 g/mol. The van der Waals surface area contributed by atoms with Crippen LogP contribution >= 0.6 is 0 Å². The van der Waals surface area contributed by atoms with Crippen LogP contribution in [0, 0.1) is 0 Å². The third kappa shape index (κ3) is 3.18. The zero-order valence-corrected chi connectivity index (χ0v) is 9.71. The van der Waals surface area contributed by atoms with Gasteiger partial charge >= 0.3 is 0 Å². The number of amides is 1. The van der Waals surface area contributed by atoms with Crippen molar-refractivity contribution < 1.29 is 9.53 Å². The first-order valence-corrected chi connectivity index (χ1v) is 5.80. The van der Waals surface area contributed by atoms with Crippen molar-refractivity contribution in [3.05, 3.63) is 0 Å². The second-order valence-electron chi connectivity index (χ2n) is 4.22. The highest BCUT2D eigenvalue weighted by Crippen LogP contribution is 2.13. The molecule has 1 amide bonds. The fourth-order valence-electron chi connectivity index (χ4n) is 1.74. The third-order valence-electron chi connectivity index (χ3n) is 3.27. The summed E-state index contributed by atoms with van der Waals surface area (Å²) in [6.07, 6.45) is 3.15. The zero-order valence-electron chi connectivity index (χ0n) is 9.71. The summed E-state index contributed by atoms with van der Waals surface area (Å²) in [6, 6.07) is 0.243. The van der Waals surface area contributed by atoms with Gasteiger partial charge in [-0.2, -0.15) is 0 Å². The molecule has 0 unspecified atom stereocenters. The van der Waals surface area contributed by atoms with Gasteiger partial charge in [-0.05, 0) is 25.7 Å². The van der Waals surface area contributed by atoms with E-state index in [-0.39, 0.29) is 11.9 Å². The minimum Gasteiger partial charge on any atom is -0.381 e. The Morgan fingerprint density at radius 1 is 1.40 bits per heavy atom. The molecule has 1 saturated heterocycles. The Kier molecular flexibility index (Phi) is 4.54. The van der Waals surface area contributed by atoms with Crippen molar-refractivity contribution in [2.75, 3.05) is 13.2 Å². The molecular weight excluding hydrogens is 192 g/mol. The third-order valence-corrected chi connectivity index (χ3v) is 3.27. The monoisotopic (exact) mass is 214 g/mol. The van der Waals surface area contributed by atoms with Crippen LogP contribution in [0.25, 0.3) is 0 Å². The number of hydrogen-bond acceptors (Lipinski definition) is 3. The minimum atomic E-state index is -0.696. The fraction of sp³-hybridized carbons (Fsp3) is 0.909. The number of nitrogens with one attached hydrogen (secondary N) is 1. The molecule has 1 heterocycles. The Labute approximate surface area is 91.5 Å². The fourth-order valence-corrected chi connectivity index (χ4v) is 1.74. The summed E-state index contributed by atoms with van der Waals surface area (Å²) in [5.74, 6) is -0.0144. The molecular formula is C11H22N2O2. The van der Waals surface area contributed by atoms with Gasteiger partial charge in [0, 0.05) is 19.3 Å². The van der Waals surface area contributed by atoms with Gasteiger partial charge < -0.3 is 15.8 Å². The summed E-state index contributed by atoms with van der Waals surface area (Å²) in [6.45, 7) is 5.38. The molecule has 0 aromatic rings. The maximum absolute atomic E-state index is 11.9. The number of hydrogen-bond donors (Lipinski definition) is 2. The Bertz CT molecular complexity index is 209. The van der Waals surface area contributed by atoms with Crippen molar-refractivity contribution in [3.8, 4) is 0 Å². The van der Waals surface area contributed by atoms with E-state index in [1.54, 1.807) is 0 Å². The van der Waals surface area contributed by atoms with Gasteiger partial charge in [0.15, 0.2) is 0 Å². The van der Waals surface area contributed by atoms with Gasteiger partial charge in [-0.1, -0.05) is 13.8 Å². The molecule has 1 aliphatic heterocycles. The Morgan fingerprint density at radius 3 is 2.40 bits per heavy atom. The molecule has 0 bridgehead atoms. The lowest BCUT2D eigenvalue weighted by atomic mass is 9.92. The highest BCUT2D eigenvalue weighted by molar-refractivity contribution is 5.86. The second-order valence-corrected chi connectivity index (χ2v) is 4.22. The SMILES string of the molecule is CCC(N)(CC)C(=O)NC1CCOCC1. The maximum Gasteiger partial charge on any atom is 0.240 e. The van der Waals surface area contributed by atoms with Gasteiger partial charge in [0.1, 0.15) is 0 Å². The van der Waals surface area contributed by atoms with Crippen LogP contribution in [0.3, 0.4) is 0 Å². The minimum absolute atomic E-state index is 0.0144. The van der Waals surface area contributed by atoms with Gasteiger partial charge in [0.2, 0.25) is 5.91 Å². The van der Waals surface area contributed by atoms with Crippen LogP contribution in [0.2, 0.25) is 0 Å². The van der Waals surface area contributed by atoms with Crippen molar-refractivity contribution >= 4 is 5.91 Å². The average Bonchev–Trinajstić information content (AvgIpc) is 2.29. The van der Waals surface area contributed by atoms with Crippen LogP contribution in [0.5, 0.6) is 0 Å². The van der Waals surface area contributed by atoms with Crippen LogP contribution in [-0.4, -0.2) is 30.7 Å². The summed E-state index contributed by atoms with van der Waals surface area (Å²) in [5, 5.41) is 3.02. The molecule has 1 aliphatic rings. The van der Waals surface area contributed by atoms with Crippen molar-refractivity contribution in [2.24, 2.45) is 5.73 Å². The van der Waals surface area contributed by atoms with E-state index in [1.165, 1.54) is 0 Å². The Morgan fingerprint density at radius 2 is 1.93 bits per heavy atom. The molecule has 15 heavy (non-hydrogen) atoms. The first-order chi connectivity index (χ1) is 7.12. The number of rotatable bonds is 4. The summed E-state index contributed by atoms with van der Waals surface area (Å²) < 4.78 is 5.24. The molecule has 0 spiro atoms. The van der Waals surface area contributed by atoms with Gasteiger partial charge in [-0.25, -0.2) is 0 Å². The highest BCUT2D eigenvalue weighted by Gasteiger charge is 2.31. The van der Waals surface area contributed by atoms with Crippen LogP contribution in [0.15, 0.2) is 0 Å². The summed E-state index contributed by atoms with van der Waals surface area (Å²) in [4.78, 5) is 11.9. The topological polar surface area (TPSA) is 64.4 Å². The molecule has 0 atom stereocenters. The van der Waals surface area contributed by atoms with Crippen LogP contribution in [0.4, 0.5) is 0 Å². The van der Waals surface area contributed by atoms with Crippen molar-refractivity contribution in [1.82, 2.24) is 5.32 Å². The Balaban J connectivity index is 2.45. The van der Waals surface area contributed by atoms with Crippen molar-refractivity contribution in [1.29, 1.82) is 0 Å². The lowest BCUT2D eigenvalue weighted by Gasteiger charge is -2.30. The van der Waals surface area contributed by atoms with Crippen molar-refractivity contribution in [2.45, 2.75) is 51.1 Å². The van der Waals surface area contributed by atoms with Gasteiger partial charge in [0.25, 0.3) is 0 Å². The quantitative estimate of drug-likeness (QED) is 0.727. The van der Waals surface area contributed by atoms with E-state index < -0.39 is 5.54 Å². The molecule has 88 valence electrons. The van der Waals surface area contributed by atoms with E-state index in [0.29, 0.717) is 12.8 Å². The van der Waals surface area contributed by atoms with E-state index >= 15 is 0 Å². The second kappa shape index (κ2) is 5.47. The van der Waals surface area contributed by atoms with Crippen LogP contribution in [0.1, 0.15) is 39.5 Å². The van der Waals surface area contributed by atoms with E-state index in [0.717, 1.165) is 26.1 Å². The number of nitrogens with two attached hydrogens (primary N) is 1. The molecule has 0 aromatic heterocycles. The molecule has 0 radical (unpaired) electrons. The van der Waals surface area contributed by atoms with Gasteiger partial charge in [0.05, 0.1) is 5.54 Å². The first kappa shape index (κ1) is 12.5. The zero-order chi connectivity index (χ0) is 11.3. The predicted octanol–water partition coefficient (Wildman–Crippen LogP) is 0.799. The molecule has 4 nitrogen and oxygen atoms in total. The highest BCUT2D eigenvalue weighted by atomic mass is 16.5. The number of carbonyl (C=O) groups excluding carboxylic acids is 1. The molecule has 0 saturated carbocycles. The normalized spacial score (nSPS) is 18.9. The van der Waals surface area contributed by atoms with Crippen LogP contribution < -0.4 is 11.1 Å². The van der Waals surface area contributed by atoms with E-state index in [1.807, 2.05) is 13.8 Å². The summed E-state index contributed by atoms with van der Waals surface area (Å²) >= 11 is 0. The molecule has 3 N–H and O–H groups in total. The van der Waals surface area contributed by atoms with E-state index in [2.05, 4.69) is 5.32 Å². The summed E-state index contributed by atoms with van der Waals surface area (Å²) in [5.41, 5.74) is 5.32. The smallest absolute Gasteiger partial charge is 0.240 e. The van der Waals surface area contributed by atoms with E-state index in [4.69, 9.17) is 10.5 Å². The number of ether oxygens (including phenoxy) is 1.